The molecule has 58 heavy (non-hydrogen) atoms. The molecular weight excluding hydrogens is 733 g/mol. The molecule has 0 amide bonds. The van der Waals surface area contributed by atoms with Crippen molar-refractivity contribution in [1.29, 1.82) is 0 Å². The Bertz CT molecular complexity index is 1840. The van der Waals surface area contributed by atoms with Gasteiger partial charge in [0.05, 0.1) is 35.6 Å². The minimum atomic E-state index is -1.70. The minimum Gasteiger partial charge on any atom is -0.463 e. The normalized spacial score (nSPS) is 15.5. The molecule has 2 aliphatic heterocycles. The second kappa shape index (κ2) is 24.1. The summed E-state index contributed by atoms with van der Waals surface area (Å²) >= 11 is 0. The summed E-state index contributed by atoms with van der Waals surface area (Å²) in [6.07, 6.45) is 24.5. The molecule has 0 radical (unpaired) electrons. The summed E-state index contributed by atoms with van der Waals surface area (Å²) in [7, 11) is 0. The van der Waals surface area contributed by atoms with Gasteiger partial charge < -0.3 is 23.5 Å². The Morgan fingerprint density at radius 3 is 1.98 bits per heavy atom. The number of unbranched alkanes of at least 4 members (excludes halogenated alkanes) is 18. The van der Waals surface area contributed by atoms with E-state index in [2.05, 4.69) is 6.92 Å². The number of carbonyl (C=O) groups excluding carboxylic acids is 3. The number of nitrogens with zero attached hydrogens (tertiary/aromatic N) is 2. The van der Waals surface area contributed by atoms with Crippen LogP contribution >= 0.6 is 0 Å². The molecule has 5 rings (SSSR count). The number of aromatic nitrogens is 2. The molecule has 0 unspecified atom stereocenters. The van der Waals surface area contributed by atoms with Crippen LogP contribution in [0.1, 0.15) is 178 Å². The molecule has 0 aliphatic carbocycles. The van der Waals surface area contributed by atoms with Gasteiger partial charge in [-0.2, -0.15) is 0 Å². The average Bonchev–Trinajstić information content (AvgIpc) is 3.59. The van der Waals surface area contributed by atoms with Crippen LogP contribution in [0.15, 0.2) is 41.2 Å². The van der Waals surface area contributed by atoms with Crippen LogP contribution < -0.4 is 5.56 Å². The highest BCUT2D eigenvalue weighted by Gasteiger charge is 2.50. The Hall–Kier alpha value is -4.05. The Labute approximate surface area is 345 Å². The van der Waals surface area contributed by atoms with Crippen molar-refractivity contribution in [3.63, 3.8) is 0 Å². The summed E-state index contributed by atoms with van der Waals surface area (Å²) in [6.45, 7) is 5.67. The zero-order valence-electron chi connectivity index (χ0n) is 35.4. The first kappa shape index (κ1) is 45.0. The number of fused-ring (bicyclic) bond motifs is 5. The number of carbonyl (C=O) groups is 3. The Morgan fingerprint density at radius 2 is 1.33 bits per heavy atom. The van der Waals surface area contributed by atoms with Crippen LogP contribution in [-0.2, 0) is 52.1 Å². The summed E-state index contributed by atoms with van der Waals surface area (Å²) in [5.74, 6) is -1.38. The van der Waals surface area contributed by atoms with Crippen LogP contribution in [0.4, 0.5) is 0 Å². The van der Waals surface area contributed by atoms with Gasteiger partial charge in [-0.3, -0.25) is 14.4 Å². The Morgan fingerprint density at radius 1 is 0.724 bits per heavy atom. The second-order valence-electron chi connectivity index (χ2n) is 16.3. The van der Waals surface area contributed by atoms with Crippen molar-refractivity contribution >= 4 is 28.8 Å². The zero-order chi connectivity index (χ0) is 41.0. The van der Waals surface area contributed by atoms with Crippen molar-refractivity contribution in [1.82, 2.24) is 9.55 Å². The number of para-hydroxylation sites is 1. The van der Waals surface area contributed by atoms with Crippen LogP contribution in [0.5, 0.6) is 0 Å². The van der Waals surface area contributed by atoms with Crippen molar-refractivity contribution in [3.05, 3.63) is 63.4 Å². The highest BCUT2D eigenvalue weighted by Crippen LogP contribution is 2.41. The molecule has 2 aromatic heterocycles. The van der Waals surface area contributed by atoms with Crippen molar-refractivity contribution in [2.75, 3.05) is 19.8 Å². The molecule has 2 aliphatic rings. The fourth-order valence-electron chi connectivity index (χ4n) is 8.36. The molecule has 10 heteroatoms. The summed E-state index contributed by atoms with van der Waals surface area (Å²) in [5, 5.41) is 0.987. The van der Waals surface area contributed by atoms with Gasteiger partial charge in [0.2, 0.25) is 5.60 Å². The van der Waals surface area contributed by atoms with Crippen LogP contribution in [0.3, 0.4) is 0 Å². The molecular formula is C48H68N2O8. The van der Waals surface area contributed by atoms with Crippen LogP contribution in [0.2, 0.25) is 0 Å². The van der Waals surface area contributed by atoms with Gasteiger partial charge in [0, 0.05) is 36.0 Å². The number of rotatable bonds is 29. The lowest BCUT2D eigenvalue weighted by Crippen LogP contribution is -2.47. The number of pyridine rings is 2. The maximum atomic E-state index is 13.8. The van der Waals surface area contributed by atoms with E-state index in [1.54, 1.807) is 17.6 Å². The lowest BCUT2D eigenvalue weighted by Gasteiger charge is -2.35. The molecule has 0 bridgehead atoms. The molecule has 10 nitrogen and oxygen atoms in total. The number of hydrogen-bond acceptors (Lipinski definition) is 9. The summed E-state index contributed by atoms with van der Waals surface area (Å²) in [4.78, 5) is 57.3. The fourth-order valence-corrected chi connectivity index (χ4v) is 8.36. The molecule has 1 aromatic carbocycles. The van der Waals surface area contributed by atoms with Gasteiger partial charge in [0.15, 0.2) is 0 Å². The number of cyclic esters (lactones) is 1. The molecule has 4 heterocycles. The number of esters is 3. The average molecular weight is 801 g/mol. The van der Waals surface area contributed by atoms with E-state index < -0.39 is 17.5 Å². The van der Waals surface area contributed by atoms with E-state index in [9.17, 15) is 19.2 Å². The van der Waals surface area contributed by atoms with Crippen molar-refractivity contribution < 1.29 is 33.3 Å². The van der Waals surface area contributed by atoms with Gasteiger partial charge >= 0.3 is 17.9 Å². The van der Waals surface area contributed by atoms with E-state index in [0.29, 0.717) is 55.1 Å². The smallest absolute Gasteiger partial charge is 0.355 e. The molecule has 318 valence electrons. The minimum absolute atomic E-state index is 0.131. The first-order valence-corrected chi connectivity index (χ1v) is 22.7. The summed E-state index contributed by atoms with van der Waals surface area (Å²) in [5.41, 5.74) is 1.79. The molecule has 0 saturated carbocycles. The second-order valence-corrected chi connectivity index (χ2v) is 16.3. The van der Waals surface area contributed by atoms with Crippen LogP contribution in [0.25, 0.3) is 22.3 Å². The topological polar surface area (TPSA) is 123 Å². The number of ether oxygens (including phenoxy) is 4. The maximum absolute atomic E-state index is 13.8. The first-order valence-electron chi connectivity index (χ1n) is 22.7. The molecule has 0 saturated heterocycles. The van der Waals surface area contributed by atoms with E-state index in [4.69, 9.17) is 23.9 Å². The molecule has 1 atom stereocenters. The maximum Gasteiger partial charge on any atom is 0.355 e. The number of benzene rings is 1. The molecule has 0 spiro atoms. The van der Waals surface area contributed by atoms with Gasteiger partial charge in [-0.25, -0.2) is 9.78 Å². The fraction of sp³-hybridized carbons (Fsp3) is 0.646. The highest BCUT2D eigenvalue weighted by molar-refractivity contribution is 5.88. The predicted molar refractivity (Wildman–Crippen MR) is 227 cm³/mol. The lowest BCUT2D eigenvalue weighted by molar-refractivity contribution is -0.189. The monoisotopic (exact) mass is 800 g/mol. The SMILES string of the molecule is CCCCCCCCCCCCCCCCCOCCOC(=O)CCCCCCCC(=O)O[C@]1(CC)C(=O)OCc2c1cc1n(c2=O)Cc2cc3ccccc3nc2-1. The molecule has 0 N–H and O–H groups in total. The molecule has 3 aromatic rings. The number of hydrogen-bond donors (Lipinski definition) is 0. The third kappa shape index (κ3) is 12.7. The molecule has 0 fully saturated rings. The van der Waals surface area contributed by atoms with Gasteiger partial charge in [0.1, 0.15) is 13.2 Å². The van der Waals surface area contributed by atoms with E-state index in [1.807, 2.05) is 30.3 Å². The summed E-state index contributed by atoms with van der Waals surface area (Å²) in [6, 6.07) is 11.6. The predicted octanol–water partition coefficient (Wildman–Crippen LogP) is 10.8. The van der Waals surface area contributed by atoms with E-state index in [0.717, 1.165) is 48.6 Å². The van der Waals surface area contributed by atoms with E-state index >= 15 is 0 Å². The van der Waals surface area contributed by atoms with E-state index in [1.165, 1.54) is 89.9 Å². The van der Waals surface area contributed by atoms with Crippen molar-refractivity contribution in [2.45, 2.75) is 180 Å². The third-order valence-electron chi connectivity index (χ3n) is 11.8. The third-order valence-corrected chi connectivity index (χ3v) is 11.8. The first-order chi connectivity index (χ1) is 28.4. The zero-order valence-corrected chi connectivity index (χ0v) is 35.4. The quantitative estimate of drug-likeness (QED) is 0.0300. The van der Waals surface area contributed by atoms with Gasteiger partial charge in [-0.1, -0.05) is 141 Å². The Kier molecular flexibility index (Phi) is 18.7. The van der Waals surface area contributed by atoms with Gasteiger partial charge in [0.25, 0.3) is 5.56 Å². The lowest BCUT2D eigenvalue weighted by atomic mass is 9.85. The van der Waals surface area contributed by atoms with Gasteiger partial charge in [-0.05, 0) is 43.9 Å². The van der Waals surface area contributed by atoms with Crippen molar-refractivity contribution in [2.24, 2.45) is 0 Å². The van der Waals surface area contributed by atoms with Crippen molar-refractivity contribution in [3.8, 4) is 11.4 Å². The largest absolute Gasteiger partial charge is 0.463 e. The summed E-state index contributed by atoms with van der Waals surface area (Å²) < 4.78 is 24.1. The van der Waals surface area contributed by atoms with Gasteiger partial charge in [-0.15, -0.1) is 0 Å². The standard InChI is InChI=1S/C48H68N2O8/c1-3-5-6-7-8-9-10-11-12-13-14-15-16-20-25-30-55-31-32-56-43(51)28-21-18-17-19-22-29-44(52)58-48(4-2)40-34-42-45-38(33-37-26-23-24-27-41(37)49-45)35-50(42)46(53)39(40)36-57-47(48)54/h23-24,26-27,33-34H,3-22,25,28-32,35-36H2,1-2H3/t48-/m0/s1. The highest BCUT2D eigenvalue weighted by atomic mass is 16.6. The van der Waals surface area contributed by atoms with Crippen LogP contribution in [0, 0.1) is 0 Å². The Balaban J connectivity index is 0.898. The van der Waals surface area contributed by atoms with Crippen LogP contribution in [-0.4, -0.2) is 47.3 Å². The van der Waals surface area contributed by atoms with E-state index in [-0.39, 0.29) is 37.6 Å².